The highest BCUT2D eigenvalue weighted by Gasteiger charge is 2.17. The van der Waals surface area contributed by atoms with E-state index in [0.717, 1.165) is 21.7 Å². The molecule has 4 nitrogen and oxygen atoms in total. The van der Waals surface area contributed by atoms with Crippen LogP contribution < -0.4 is 5.73 Å². The Morgan fingerprint density at radius 3 is 3.00 bits per heavy atom. The molecule has 0 saturated heterocycles. The first-order valence-electron chi connectivity index (χ1n) is 5.32. The van der Waals surface area contributed by atoms with Gasteiger partial charge in [-0.2, -0.15) is 0 Å². The van der Waals surface area contributed by atoms with Gasteiger partial charge >= 0.3 is 0 Å². The van der Waals surface area contributed by atoms with Gasteiger partial charge in [0.05, 0.1) is 23.3 Å². The molecule has 0 aliphatic carbocycles. The number of aromatic nitrogens is 3. The number of imidazole rings is 1. The zero-order valence-corrected chi connectivity index (χ0v) is 10.2. The van der Waals surface area contributed by atoms with Crippen LogP contribution in [0.2, 0.25) is 0 Å². The van der Waals surface area contributed by atoms with Crippen molar-refractivity contribution in [1.29, 1.82) is 0 Å². The number of hydrogen-bond donors (Lipinski definition) is 1. The lowest BCUT2D eigenvalue weighted by Crippen LogP contribution is -2.15. The number of rotatable bonds is 2. The number of fused-ring (bicyclic) bond motifs is 1. The number of hydrogen-bond acceptors (Lipinski definition) is 4. The van der Waals surface area contributed by atoms with E-state index in [1.54, 1.807) is 17.5 Å². The third kappa shape index (κ3) is 1.64. The zero-order valence-electron chi connectivity index (χ0n) is 9.37. The Morgan fingerprint density at radius 1 is 1.41 bits per heavy atom. The average Bonchev–Trinajstić information content (AvgIpc) is 2.97. The number of nitrogens with zero attached hydrogens (tertiary/aromatic N) is 3. The Hall–Kier alpha value is -1.72. The summed E-state index contributed by atoms with van der Waals surface area (Å²) in [6.45, 7) is 0. The monoisotopic (exact) mass is 244 g/mol. The van der Waals surface area contributed by atoms with Crippen molar-refractivity contribution in [1.82, 2.24) is 14.5 Å². The molecule has 2 N–H and O–H groups in total. The molecule has 3 rings (SSSR count). The van der Waals surface area contributed by atoms with Crippen molar-refractivity contribution in [2.24, 2.45) is 12.8 Å². The molecule has 5 heteroatoms. The summed E-state index contributed by atoms with van der Waals surface area (Å²) in [5.41, 5.74) is 8.18. The first-order chi connectivity index (χ1) is 8.27. The maximum absolute atomic E-state index is 6.23. The van der Waals surface area contributed by atoms with Gasteiger partial charge in [-0.05, 0) is 17.5 Å². The Kier molecular flexibility index (Phi) is 2.42. The van der Waals surface area contributed by atoms with E-state index in [9.17, 15) is 0 Å². The van der Waals surface area contributed by atoms with Crippen molar-refractivity contribution in [3.8, 4) is 0 Å². The molecule has 0 aromatic carbocycles. The molecular weight excluding hydrogens is 232 g/mol. The predicted octanol–water partition coefficient (Wildman–Crippen LogP) is 2.08. The van der Waals surface area contributed by atoms with Gasteiger partial charge in [-0.15, -0.1) is 11.3 Å². The lowest BCUT2D eigenvalue weighted by Gasteiger charge is -2.09. The van der Waals surface area contributed by atoms with Crippen LogP contribution in [-0.4, -0.2) is 14.5 Å². The van der Waals surface area contributed by atoms with Crippen LogP contribution in [0.15, 0.2) is 36.0 Å². The quantitative estimate of drug-likeness (QED) is 0.751. The van der Waals surface area contributed by atoms with Crippen LogP contribution in [0.5, 0.6) is 0 Å². The standard InChI is InChI=1S/C12H12N4S/c1-16-9-7-14-5-4-8(9)15-12(16)11(13)10-3-2-6-17-10/h2-7,11H,13H2,1H3. The molecule has 0 radical (unpaired) electrons. The molecule has 0 fully saturated rings. The van der Waals surface area contributed by atoms with Gasteiger partial charge in [0, 0.05) is 18.1 Å². The van der Waals surface area contributed by atoms with Gasteiger partial charge in [0.1, 0.15) is 5.82 Å². The highest BCUT2D eigenvalue weighted by molar-refractivity contribution is 7.10. The molecular formula is C12H12N4S. The second-order valence-electron chi connectivity index (χ2n) is 3.89. The average molecular weight is 244 g/mol. The summed E-state index contributed by atoms with van der Waals surface area (Å²) >= 11 is 1.65. The van der Waals surface area contributed by atoms with E-state index in [1.165, 1.54) is 0 Å². The topological polar surface area (TPSA) is 56.7 Å². The molecule has 3 aromatic rings. The van der Waals surface area contributed by atoms with Gasteiger partial charge in [-0.1, -0.05) is 6.07 Å². The molecule has 0 spiro atoms. The number of nitrogens with two attached hydrogens (primary N) is 1. The Balaban J connectivity index is 2.15. The third-order valence-corrected chi connectivity index (χ3v) is 3.80. The molecule has 17 heavy (non-hydrogen) atoms. The molecule has 0 amide bonds. The zero-order chi connectivity index (χ0) is 11.8. The maximum atomic E-state index is 6.23. The smallest absolute Gasteiger partial charge is 0.132 e. The molecule has 1 atom stereocenters. The van der Waals surface area contributed by atoms with Crippen molar-refractivity contribution < 1.29 is 0 Å². The van der Waals surface area contributed by atoms with Gasteiger partial charge < -0.3 is 10.3 Å². The van der Waals surface area contributed by atoms with Gasteiger partial charge in [0.25, 0.3) is 0 Å². The van der Waals surface area contributed by atoms with Crippen LogP contribution in [0.4, 0.5) is 0 Å². The third-order valence-electron chi connectivity index (χ3n) is 2.85. The first-order valence-corrected chi connectivity index (χ1v) is 6.20. The van der Waals surface area contributed by atoms with Crippen molar-refractivity contribution in [2.75, 3.05) is 0 Å². The first kappa shape index (κ1) is 10.4. The SMILES string of the molecule is Cn1c(C(N)c2cccs2)nc2ccncc21. The van der Waals surface area contributed by atoms with E-state index in [2.05, 4.69) is 9.97 Å². The van der Waals surface area contributed by atoms with Gasteiger partial charge in [0.15, 0.2) is 0 Å². The van der Waals surface area contributed by atoms with Crippen molar-refractivity contribution in [3.05, 3.63) is 46.7 Å². The van der Waals surface area contributed by atoms with Crippen molar-refractivity contribution in [2.45, 2.75) is 6.04 Å². The molecule has 0 aliphatic rings. The molecule has 1 unspecified atom stereocenters. The second kappa shape index (κ2) is 3.94. The molecule has 0 bridgehead atoms. The summed E-state index contributed by atoms with van der Waals surface area (Å²) in [5, 5.41) is 2.03. The van der Waals surface area contributed by atoms with E-state index in [4.69, 9.17) is 5.73 Å². The summed E-state index contributed by atoms with van der Waals surface area (Å²) in [6, 6.07) is 5.77. The van der Waals surface area contributed by atoms with E-state index >= 15 is 0 Å². The van der Waals surface area contributed by atoms with Gasteiger partial charge in [-0.25, -0.2) is 4.98 Å². The minimum absolute atomic E-state index is 0.174. The summed E-state index contributed by atoms with van der Waals surface area (Å²) in [4.78, 5) is 9.80. The minimum Gasteiger partial charge on any atom is -0.328 e. The highest BCUT2D eigenvalue weighted by atomic mass is 32.1. The lowest BCUT2D eigenvalue weighted by atomic mass is 10.2. The fourth-order valence-electron chi connectivity index (χ4n) is 1.93. The second-order valence-corrected chi connectivity index (χ2v) is 4.87. The highest BCUT2D eigenvalue weighted by Crippen LogP contribution is 2.25. The fraction of sp³-hybridized carbons (Fsp3) is 0.167. The van der Waals surface area contributed by atoms with Crippen LogP contribution in [0.1, 0.15) is 16.7 Å². The van der Waals surface area contributed by atoms with E-state index in [1.807, 2.05) is 41.4 Å². The number of pyridine rings is 1. The van der Waals surface area contributed by atoms with E-state index in [-0.39, 0.29) is 6.04 Å². The van der Waals surface area contributed by atoms with Crippen LogP contribution in [0.25, 0.3) is 11.0 Å². The van der Waals surface area contributed by atoms with Crippen LogP contribution in [0.3, 0.4) is 0 Å². The number of thiophene rings is 1. The van der Waals surface area contributed by atoms with Crippen LogP contribution in [0, 0.1) is 0 Å². The normalized spacial score (nSPS) is 13.1. The van der Waals surface area contributed by atoms with Crippen LogP contribution in [-0.2, 0) is 7.05 Å². The summed E-state index contributed by atoms with van der Waals surface area (Å²) in [5.74, 6) is 0.871. The Morgan fingerprint density at radius 2 is 2.29 bits per heavy atom. The maximum Gasteiger partial charge on any atom is 0.132 e. The molecule has 3 aromatic heterocycles. The summed E-state index contributed by atoms with van der Waals surface area (Å²) in [6.07, 6.45) is 3.56. The van der Waals surface area contributed by atoms with Crippen LogP contribution >= 0.6 is 11.3 Å². The minimum atomic E-state index is -0.174. The van der Waals surface area contributed by atoms with E-state index in [0.29, 0.717) is 0 Å². The Labute approximate surface area is 103 Å². The fourth-order valence-corrected chi connectivity index (χ4v) is 2.65. The lowest BCUT2D eigenvalue weighted by molar-refractivity contribution is 0.738. The predicted molar refractivity (Wildman–Crippen MR) is 68.9 cm³/mol. The molecule has 3 heterocycles. The molecule has 0 aliphatic heterocycles. The number of aryl methyl sites for hydroxylation is 1. The largest absolute Gasteiger partial charge is 0.328 e. The Bertz CT molecular complexity index is 642. The summed E-state index contributed by atoms with van der Waals surface area (Å²) < 4.78 is 2.01. The van der Waals surface area contributed by atoms with Gasteiger partial charge in [-0.3, -0.25) is 4.98 Å². The van der Waals surface area contributed by atoms with E-state index < -0.39 is 0 Å². The van der Waals surface area contributed by atoms with Crippen molar-refractivity contribution in [3.63, 3.8) is 0 Å². The van der Waals surface area contributed by atoms with Crippen molar-refractivity contribution >= 4 is 22.4 Å². The summed E-state index contributed by atoms with van der Waals surface area (Å²) in [7, 11) is 1.97. The van der Waals surface area contributed by atoms with Gasteiger partial charge in [0.2, 0.25) is 0 Å². The molecule has 86 valence electrons. The molecule has 0 saturated carbocycles.